The van der Waals surface area contributed by atoms with Crippen LogP contribution in [-0.4, -0.2) is 48.0 Å². The first-order chi connectivity index (χ1) is 9.24. The van der Waals surface area contributed by atoms with Gasteiger partial charge in [-0.3, -0.25) is 0 Å². The van der Waals surface area contributed by atoms with Gasteiger partial charge in [-0.05, 0) is 37.4 Å². The maximum Gasteiger partial charge on any atom is 0.0897 e. The minimum absolute atomic E-state index is 0.357. The van der Waals surface area contributed by atoms with Gasteiger partial charge >= 0.3 is 0 Å². The molecule has 2 aliphatic rings. The Kier molecular flexibility index (Phi) is 6.99. The fourth-order valence-electron chi connectivity index (χ4n) is 3.04. The monoisotopic (exact) mass is 287 g/mol. The molecule has 1 saturated heterocycles. The Morgan fingerprint density at radius 1 is 1.32 bits per heavy atom. The first-order valence-corrected chi connectivity index (χ1v) is 9.00. The normalized spacial score (nSPS) is 34.1. The van der Waals surface area contributed by atoms with Gasteiger partial charge in [0.15, 0.2) is 0 Å². The van der Waals surface area contributed by atoms with E-state index in [9.17, 15) is 5.11 Å². The summed E-state index contributed by atoms with van der Waals surface area (Å²) in [4.78, 5) is 0. The second kappa shape index (κ2) is 8.50. The van der Waals surface area contributed by atoms with Crippen molar-refractivity contribution in [3.8, 4) is 0 Å². The van der Waals surface area contributed by atoms with Crippen molar-refractivity contribution < 1.29 is 9.84 Å². The first kappa shape index (κ1) is 15.6. The van der Waals surface area contributed by atoms with Gasteiger partial charge in [-0.15, -0.1) is 0 Å². The standard InChI is InChI=1S/C15H29NO2S/c1-12-4-2-6-15(8-12)18-10-14(17)9-16-13-5-3-7-19-11-13/h12-17H,2-11H2,1H3. The van der Waals surface area contributed by atoms with E-state index in [1.807, 2.05) is 11.8 Å². The lowest BCUT2D eigenvalue weighted by Gasteiger charge is -2.28. The summed E-state index contributed by atoms with van der Waals surface area (Å²) >= 11 is 2.02. The van der Waals surface area contributed by atoms with Crippen LogP contribution < -0.4 is 5.32 Å². The first-order valence-electron chi connectivity index (χ1n) is 7.85. The van der Waals surface area contributed by atoms with E-state index in [1.165, 1.54) is 50.0 Å². The van der Waals surface area contributed by atoms with Crippen molar-refractivity contribution in [2.24, 2.45) is 5.92 Å². The highest BCUT2D eigenvalue weighted by molar-refractivity contribution is 7.99. The molecular weight excluding hydrogens is 258 g/mol. The van der Waals surface area contributed by atoms with E-state index >= 15 is 0 Å². The van der Waals surface area contributed by atoms with Crippen LogP contribution in [0, 0.1) is 5.92 Å². The fourth-order valence-corrected chi connectivity index (χ4v) is 4.15. The Balaban J connectivity index is 1.54. The molecule has 4 atom stereocenters. The largest absolute Gasteiger partial charge is 0.389 e. The van der Waals surface area contributed by atoms with Gasteiger partial charge in [0, 0.05) is 18.3 Å². The number of aliphatic hydroxyl groups is 1. The van der Waals surface area contributed by atoms with Crippen LogP contribution in [0.15, 0.2) is 0 Å². The fraction of sp³-hybridized carbons (Fsp3) is 1.00. The van der Waals surface area contributed by atoms with E-state index in [0.717, 1.165) is 5.92 Å². The molecule has 0 radical (unpaired) electrons. The molecule has 3 nitrogen and oxygen atoms in total. The maximum atomic E-state index is 9.98. The number of ether oxygens (including phenoxy) is 1. The second-order valence-corrected chi connectivity index (χ2v) is 7.35. The van der Waals surface area contributed by atoms with E-state index in [0.29, 0.717) is 25.3 Å². The molecule has 1 saturated carbocycles. The van der Waals surface area contributed by atoms with Gasteiger partial charge < -0.3 is 15.2 Å². The third kappa shape index (κ3) is 6.03. The second-order valence-electron chi connectivity index (χ2n) is 6.20. The summed E-state index contributed by atoms with van der Waals surface area (Å²) in [5.74, 6) is 3.27. The number of rotatable bonds is 6. The molecule has 19 heavy (non-hydrogen) atoms. The highest BCUT2D eigenvalue weighted by Gasteiger charge is 2.20. The molecule has 1 aliphatic heterocycles. The number of nitrogens with one attached hydrogen (secondary N) is 1. The van der Waals surface area contributed by atoms with Gasteiger partial charge in [0.25, 0.3) is 0 Å². The highest BCUT2D eigenvalue weighted by atomic mass is 32.2. The zero-order chi connectivity index (χ0) is 13.5. The molecule has 1 heterocycles. The minimum Gasteiger partial charge on any atom is -0.389 e. The maximum absolute atomic E-state index is 9.98. The zero-order valence-electron chi connectivity index (χ0n) is 12.1. The molecule has 2 N–H and O–H groups in total. The molecule has 4 unspecified atom stereocenters. The summed E-state index contributed by atoms with van der Waals surface area (Å²) in [5.41, 5.74) is 0. The van der Waals surface area contributed by atoms with Crippen molar-refractivity contribution in [1.29, 1.82) is 0 Å². The lowest BCUT2D eigenvalue weighted by atomic mass is 9.89. The number of thioether (sulfide) groups is 1. The van der Waals surface area contributed by atoms with Crippen LogP contribution in [0.25, 0.3) is 0 Å². The van der Waals surface area contributed by atoms with Crippen molar-refractivity contribution in [3.05, 3.63) is 0 Å². The topological polar surface area (TPSA) is 41.5 Å². The zero-order valence-corrected chi connectivity index (χ0v) is 13.0. The lowest BCUT2D eigenvalue weighted by Crippen LogP contribution is -2.40. The van der Waals surface area contributed by atoms with Gasteiger partial charge in [0.1, 0.15) is 0 Å². The molecule has 112 valence electrons. The Hall–Kier alpha value is 0.230. The van der Waals surface area contributed by atoms with Gasteiger partial charge in [-0.1, -0.05) is 19.8 Å². The van der Waals surface area contributed by atoms with Crippen LogP contribution in [0.4, 0.5) is 0 Å². The smallest absolute Gasteiger partial charge is 0.0897 e. The van der Waals surface area contributed by atoms with Crippen LogP contribution in [0.2, 0.25) is 0 Å². The van der Waals surface area contributed by atoms with E-state index in [-0.39, 0.29) is 6.10 Å². The number of aliphatic hydroxyl groups excluding tert-OH is 1. The van der Waals surface area contributed by atoms with Gasteiger partial charge in [-0.25, -0.2) is 0 Å². The molecule has 0 bridgehead atoms. The van der Waals surface area contributed by atoms with E-state index in [4.69, 9.17) is 4.74 Å². The van der Waals surface area contributed by atoms with Crippen LogP contribution in [0.3, 0.4) is 0 Å². The van der Waals surface area contributed by atoms with E-state index in [2.05, 4.69) is 12.2 Å². The summed E-state index contributed by atoms with van der Waals surface area (Å²) < 4.78 is 5.86. The summed E-state index contributed by atoms with van der Waals surface area (Å²) in [6, 6.07) is 0.586. The Morgan fingerprint density at radius 2 is 2.21 bits per heavy atom. The van der Waals surface area contributed by atoms with Crippen molar-refractivity contribution in [2.45, 2.75) is 63.7 Å². The van der Waals surface area contributed by atoms with Gasteiger partial charge in [-0.2, -0.15) is 11.8 Å². The molecule has 2 rings (SSSR count). The Bertz CT molecular complexity index is 246. The number of hydrogen-bond donors (Lipinski definition) is 2. The van der Waals surface area contributed by atoms with Crippen molar-refractivity contribution in [1.82, 2.24) is 5.32 Å². The molecule has 1 aliphatic carbocycles. The SMILES string of the molecule is CC1CCCC(OCC(O)CNC2CCCSC2)C1. The third-order valence-corrected chi connectivity index (χ3v) is 5.43. The molecule has 4 heteroatoms. The summed E-state index contributed by atoms with van der Waals surface area (Å²) in [7, 11) is 0. The molecule has 0 aromatic heterocycles. The predicted octanol–water partition coefficient (Wildman–Crippen LogP) is 2.43. The highest BCUT2D eigenvalue weighted by Crippen LogP contribution is 2.25. The van der Waals surface area contributed by atoms with Crippen LogP contribution in [0.1, 0.15) is 45.4 Å². The van der Waals surface area contributed by atoms with Gasteiger partial charge in [0.05, 0.1) is 18.8 Å². The van der Waals surface area contributed by atoms with Crippen molar-refractivity contribution in [3.63, 3.8) is 0 Å². The Labute approximate surface area is 121 Å². The average Bonchev–Trinajstić information content (AvgIpc) is 2.44. The van der Waals surface area contributed by atoms with E-state index < -0.39 is 0 Å². The summed E-state index contributed by atoms with van der Waals surface area (Å²) in [6.07, 6.45) is 7.52. The minimum atomic E-state index is -0.357. The van der Waals surface area contributed by atoms with Gasteiger partial charge in [0.2, 0.25) is 0 Å². The molecular formula is C15H29NO2S. The van der Waals surface area contributed by atoms with Crippen molar-refractivity contribution >= 4 is 11.8 Å². The molecule has 0 spiro atoms. The van der Waals surface area contributed by atoms with Crippen molar-refractivity contribution in [2.75, 3.05) is 24.7 Å². The summed E-state index contributed by atoms with van der Waals surface area (Å²) in [6.45, 7) is 3.46. The number of hydrogen-bond acceptors (Lipinski definition) is 4. The molecule has 0 aromatic carbocycles. The van der Waals surface area contributed by atoms with Crippen LogP contribution >= 0.6 is 11.8 Å². The molecule has 2 fully saturated rings. The van der Waals surface area contributed by atoms with Crippen LogP contribution in [-0.2, 0) is 4.74 Å². The predicted molar refractivity (Wildman–Crippen MR) is 81.7 cm³/mol. The van der Waals surface area contributed by atoms with E-state index in [1.54, 1.807) is 0 Å². The third-order valence-electron chi connectivity index (χ3n) is 4.22. The average molecular weight is 287 g/mol. The molecule has 0 amide bonds. The van der Waals surface area contributed by atoms with Crippen LogP contribution in [0.5, 0.6) is 0 Å². The Morgan fingerprint density at radius 3 is 2.95 bits per heavy atom. The summed E-state index contributed by atoms with van der Waals surface area (Å²) in [5, 5.41) is 13.4. The lowest BCUT2D eigenvalue weighted by molar-refractivity contribution is -0.0311. The molecule has 0 aromatic rings. The quantitative estimate of drug-likeness (QED) is 0.787.